The van der Waals surface area contributed by atoms with Crippen molar-refractivity contribution in [3.8, 4) is 11.5 Å². The highest BCUT2D eigenvalue weighted by Crippen LogP contribution is 2.25. The molecule has 0 spiro atoms. The van der Waals surface area contributed by atoms with Crippen LogP contribution in [0, 0.1) is 0 Å². The van der Waals surface area contributed by atoms with Crippen molar-refractivity contribution in [3.05, 3.63) is 58.1 Å². The molecule has 0 fully saturated rings. The van der Waals surface area contributed by atoms with E-state index < -0.39 is 6.10 Å². The molecule has 126 valence electrons. The molecule has 2 aromatic rings. The summed E-state index contributed by atoms with van der Waals surface area (Å²) in [6.07, 6.45) is 0.342. The fraction of sp³-hybridized carbons (Fsp3) is 0.316. The molecule has 3 rings (SSSR count). The Kier molecular flexibility index (Phi) is 5.09. The van der Waals surface area contributed by atoms with E-state index in [0.29, 0.717) is 18.8 Å². The van der Waals surface area contributed by atoms with Crippen LogP contribution in [0.3, 0.4) is 0 Å². The maximum absolute atomic E-state index is 12.7. The van der Waals surface area contributed by atoms with Gasteiger partial charge in [0, 0.05) is 17.6 Å². The fourth-order valence-corrected chi connectivity index (χ4v) is 3.14. The van der Waals surface area contributed by atoms with Gasteiger partial charge in [0.25, 0.3) is 5.91 Å². The third kappa shape index (κ3) is 3.73. The van der Waals surface area contributed by atoms with Crippen LogP contribution in [0.15, 0.2) is 46.9 Å². The van der Waals surface area contributed by atoms with Crippen LogP contribution in [0.5, 0.6) is 11.5 Å². The molecule has 24 heavy (non-hydrogen) atoms. The van der Waals surface area contributed by atoms with Crippen molar-refractivity contribution in [1.29, 1.82) is 0 Å². The average molecular weight is 390 g/mol. The molecule has 1 aliphatic rings. The monoisotopic (exact) mass is 389 g/mol. The van der Waals surface area contributed by atoms with E-state index in [-0.39, 0.29) is 5.91 Å². The van der Waals surface area contributed by atoms with Gasteiger partial charge in [0.2, 0.25) is 0 Å². The smallest absolute Gasteiger partial charge is 0.263 e. The molecule has 1 aliphatic heterocycles. The van der Waals surface area contributed by atoms with Gasteiger partial charge in [-0.25, -0.2) is 0 Å². The van der Waals surface area contributed by atoms with Crippen molar-refractivity contribution in [2.45, 2.75) is 26.0 Å². The van der Waals surface area contributed by atoms with Crippen molar-refractivity contribution in [2.75, 3.05) is 13.7 Å². The third-order valence-corrected chi connectivity index (χ3v) is 4.74. The van der Waals surface area contributed by atoms with E-state index in [0.717, 1.165) is 22.2 Å². The number of rotatable bonds is 4. The third-order valence-electron chi connectivity index (χ3n) is 4.21. The topological polar surface area (TPSA) is 38.8 Å². The van der Waals surface area contributed by atoms with Crippen molar-refractivity contribution in [2.24, 2.45) is 0 Å². The molecule has 0 radical (unpaired) electrons. The van der Waals surface area contributed by atoms with E-state index in [9.17, 15) is 4.79 Å². The number of ether oxygens (including phenoxy) is 2. The number of carbonyl (C=O) groups is 1. The first-order valence-electron chi connectivity index (χ1n) is 7.93. The molecular weight excluding hydrogens is 370 g/mol. The minimum Gasteiger partial charge on any atom is -0.497 e. The molecule has 0 saturated heterocycles. The second-order valence-corrected chi connectivity index (χ2v) is 6.77. The molecular formula is C19H20BrNO3. The summed E-state index contributed by atoms with van der Waals surface area (Å²) in [5, 5.41) is 0. The lowest BCUT2D eigenvalue weighted by Gasteiger charge is -2.31. The zero-order valence-electron chi connectivity index (χ0n) is 13.8. The van der Waals surface area contributed by atoms with Crippen LogP contribution in [-0.2, 0) is 17.8 Å². The number of halogens is 1. The maximum Gasteiger partial charge on any atom is 0.263 e. The molecule has 1 atom stereocenters. The second-order valence-electron chi connectivity index (χ2n) is 5.86. The Bertz CT molecular complexity index is 730. The lowest BCUT2D eigenvalue weighted by molar-refractivity contribution is -0.138. The minimum atomic E-state index is -0.515. The van der Waals surface area contributed by atoms with Crippen LogP contribution in [0.2, 0.25) is 0 Å². The molecule has 1 amide bonds. The SMILES string of the molecule is COc1ccc2c(c1)CN(C(=O)C(C)Oc1ccc(Br)cc1)CC2. The van der Waals surface area contributed by atoms with E-state index in [4.69, 9.17) is 9.47 Å². The van der Waals surface area contributed by atoms with E-state index in [1.807, 2.05) is 41.3 Å². The highest BCUT2D eigenvalue weighted by Gasteiger charge is 2.26. The Labute approximate surface area is 150 Å². The fourth-order valence-electron chi connectivity index (χ4n) is 2.87. The van der Waals surface area contributed by atoms with Gasteiger partial charge in [-0.1, -0.05) is 22.0 Å². The summed E-state index contributed by atoms with van der Waals surface area (Å²) in [5.41, 5.74) is 2.42. The summed E-state index contributed by atoms with van der Waals surface area (Å²) in [7, 11) is 1.65. The highest BCUT2D eigenvalue weighted by molar-refractivity contribution is 9.10. The average Bonchev–Trinajstić information content (AvgIpc) is 2.62. The Balaban J connectivity index is 1.67. The van der Waals surface area contributed by atoms with Crippen LogP contribution in [-0.4, -0.2) is 30.6 Å². The van der Waals surface area contributed by atoms with Crippen molar-refractivity contribution >= 4 is 21.8 Å². The van der Waals surface area contributed by atoms with Crippen LogP contribution in [0.25, 0.3) is 0 Å². The van der Waals surface area contributed by atoms with Gasteiger partial charge in [0.1, 0.15) is 11.5 Å². The molecule has 5 heteroatoms. The van der Waals surface area contributed by atoms with E-state index >= 15 is 0 Å². The van der Waals surface area contributed by atoms with Crippen molar-refractivity contribution < 1.29 is 14.3 Å². The Morgan fingerprint density at radius 2 is 1.83 bits per heavy atom. The van der Waals surface area contributed by atoms with Gasteiger partial charge in [0.15, 0.2) is 6.10 Å². The molecule has 4 nitrogen and oxygen atoms in total. The summed E-state index contributed by atoms with van der Waals surface area (Å²) >= 11 is 3.39. The largest absolute Gasteiger partial charge is 0.497 e. The second kappa shape index (κ2) is 7.26. The first kappa shape index (κ1) is 16.8. The summed E-state index contributed by atoms with van der Waals surface area (Å²) in [4.78, 5) is 14.5. The van der Waals surface area contributed by atoms with Gasteiger partial charge >= 0.3 is 0 Å². The quantitative estimate of drug-likeness (QED) is 0.797. The number of hydrogen-bond acceptors (Lipinski definition) is 3. The molecule has 1 heterocycles. The van der Waals surface area contributed by atoms with E-state index in [1.165, 1.54) is 5.56 Å². The Hall–Kier alpha value is -2.01. The number of amides is 1. The molecule has 0 bridgehead atoms. The summed E-state index contributed by atoms with van der Waals surface area (Å²) in [5.74, 6) is 1.52. The summed E-state index contributed by atoms with van der Waals surface area (Å²) in [6.45, 7) is 3.11. The molecule has 0 aromatic heterocycles. The standard InChI is InChI=1S/C19H20BrNO3/c1-13(24-17-7-4-16(20)5-8-17)19(22)21-10-9-14-3-6-18(23-2)11-15(14)12-21/h3-8,11,13H,9-10,12H2,1-2H3. The predicted molar refractivity (Wildman–Crippen MR) is 96.3 cm³/mol. The number of benzene rings is 2. The van der Waals surface area contributed by atoms with Crippen LogP contribution in [0.4, 0.5) is 0 Å². The van der Waals surface area contributed by atoms with Gasteiger partial charge < -0.3 is 14.4 Å². The summed E-state index contributed by atoms with van der Waals surface area (Å²) in [6, 6.07) is 13.6. The zero-order chi connectivity index (χ0) is 17.1. The van der Waals surface area contributed by atoms with Gasteiger partial charge in [0.05, 0.1) is 7.11 Å². The van der Waals surface area contributed by atoms with Gasteiger partial charge in [-0.15, -0.1) is 0 Å². The van der Waals surface area contributed by atoms with Crippen LogP contribution >= 0.6 is 15.9 Å². The van der Waals surface area contributed by atoms with Crippen LogP contribution < -0.4 is 9.47 Å². The van der Waals surface area contributed by atoms with Gasteiger partial charge in [-0.05, 0) is 60.9 Å². The Morgan fingerprint density at radius 1 is 1.12 bits per heavy atom. The normalized spacial score (nSPS) is 14.7. The van der Waals surface area contributed by atoms with Crippen LogP contribution in [0.1, 0.15) is 18.1 Å². The molecule has 0 N–H and O–H groups in total. The zero-order valence-corrected chi connectivity index (χ0v) is 15.4. The molecule has 2 aromatic carbocycles. The lowest BCUT2D eigenvalue weighted by Crippen LogP contribution is -2.43. The van der Waals surface area contributed by atoms with Crippen molar-refractivity contribution in [3.63, 3.8) is 0 Å². The van der Waals surface area contributed by atoms with E-state index in [1.54, 1.807) is 14.0 Å². The summed E-state index contributed by atoms with van der Waals surface area (Å²) < 4.78 is 12.0. The number of nitrogens with zero attached hydrogens (tertiary/aromatic N) is 1. The van der Waals surface area contributed by atoms with E-state index in [2.05, 4.69) is 22.0 Å². The predicted octanol–water partition coefficient (Wildman–Crippen LogP) is 3.81. The van der Waals surface area contributed by atoms with Crippen molar-refractivity contribution in [1.82, 2.24) is 4.90 Å². The lowest BCUT2D eigenvalue weighted by atomic mass is 9.99. The number of carbonyl (C=O) groups excluding carboxylic acids is 1. The number of fused-ring (bicyclic) bond motifs is 1. The number of methoxy groups -OCH3 is 1. The first-order valence-corrected chi connectivity index (χ1v) is 8.73. The molecule has 0 aliphatic carbocycles. The molecule has 0 saturated carbocycles. The minimum absolute atomic E-state index is 0.00592. The maximum atomic E-state index is 12.7. The highest BCUT2D eigenvalue weighted by atomic mass is 79.9. The molecule has 1 unspecified atom stereocenters. The Morgan fingerprint density at radius 3 is 2.54 bits per heavy atom. The van der Waals surface area contributed by atoms with Gasteiger partial charge in [-0.3, -0.25) is 4.79 Å². The first-order chi connectivity index (χ1) is 11.6. The van der Waals surface area contributed by atoms with Gasteiger partial charge in [-0.2, -0.15) is 0 Å². The number of hydrogen-bond donors (Lipinski definition) is 0.